The topological polar surface area (TPSA) is 66.5 Å². The van der Waals surface area contributed by atoms with Crippen LogP contribution < -0.4 is 15.5 Å². The number of amides is 1. The third-order valence-electron chi connectivity index (χ3n) is 4.47. The number of hydrogen-bond acceptors (Lipinski definition) is 6. The Bertz CT molecular complexity index is 563. The molecule has 2 aliphatic rings. The van der Waals surface area contributed by atoms with Gasteiger partial charge in [0.25, 0.3) is 0 Å². The molecule has 6 nitrogen and oxygen atoms in total. The van der Waals surface area contributed by atoms with Gasteiger partial charge in [-0.2, -0.15) is 11.8 Å². The number of rotatable bonds is 5. The van der Waals surface area contributed by atoms with Crippen LogP contribution in [0.4, 0.5) is 5.82 Å². The zero-order valence-electron chi connectivity index (χ0n) is 15.8. The van der Waals surface area contributed by atoms with Gasteiger partial charge in [0.05, 0.1) is 12.2 Å². The highest BCUT2D eigenvalue weighted by atomic mass is 35.5. The van der Waals surface area contributed by atoms with E-state index in [0.717, 1.165) is 42.5 Å². The summed E-state index contributed by atoms with van der Waals surface area (Å²) in [6.07, 6.45) is 2.84. The van der Waals surface area contributed by atoms with Crippen molar-refractivity contribution in [2.24, 2.45) is 0 Å². The van der Waals surface area contributed by atoms with Crippen LogP contribution in [0.2, 0.25) is 0 Å². The molecule has 3 heterocycles. The molecular weight excluding hydrogens is 407 g/mol. The van der Waals surface area contributed by atoms with Crippen LogP contribution in [0.3, 0.4) is 0 Å². The highest BCUT2D eigenvalue weighted by Gasteiger charge is 2.23. The van der Waals surface area contributed by atoms with Gasteiger partial charge in [0, 0.05) is 56.3 Å². The molecule has 1 aromatic rings. The molecule has 1 amide bonds. The largest absolute Gasteiger partial charge is 0.372 e. The predicted octanol–water partition coefficient (Wildman–Crippen LogP) is 2.25. The standard InChI is InChI=1S/C18H28N4O2S.2ClH/c1-13-10-22(11-14(2)24-13)17-4-3-15(8-20-17)9-21-18(23)7-16-12-25-6-5-19-16;;/h3-4,8,13-14,16,19H,5-7,9-12H2,1-2H3,(H,21,23);2*1H. The average Bonchev–Trinajstić information content (AvgIpc) is 2.60. The first-order valence-electron chi connectivity index (χ1n) is 9.03. The number of carbonyl (C=O) groups is 1. The van der Waals surface area contributed by atoms with Crippen LogP contribution in [-0.4, -0.2) is 60.3 Å². The zero-order chi connectivity index (χ0) is 17.6. The fraction of sp³-hybridized carbons (Fsp3) is 0.667. The maximum Gasteiger partial charge on any atom is 0.221 e. The summed E-state index contributed by atoms with van der Waals surface area (Å²) in [5, 5.41) is 6.39. The van der Waals surface area contributed by atoms with Gasteiger partial charge in [-0.1, -0.05) is 6.07 Å². The number of pyridine rings is 1. The molecule has 0 aromatic carbocycles. The van der Waals surface area contributed by atoms with Crippen molar-refractivity contribution in [3.05, 3.63) is 23.9 Å². The molecule has 3 atom stereocenters. The number of ether oxygens (including phenoxy) is 1. The fourth-order valence-electron chi connectivity index (χ4n) is 3.32. The average molecular weight is 437 g/mol. The smallest absolute Gasteiger partial charge is 0.221 e. The van der Waals surface area contributed by atoms with Gasteiger partial charge in [-0.05, 0) is 25.5 Å². The molecule has 9 heteroatoms. The third kappa shape index (κ3) is 7.66. The number of halogens is 2. The zero-order valence-corrected chi connectivity index (χ0v) is 18.3. The number of hydrogen-bond donors (Lipinski definition) is 2. The number of aromatic nitrogens is 1. The molecule has 0 radical (unpaired) electrons. The van der Waals surface area contributed by atoms with Gasteiger partial charge in [-0.25, -0.2) is 4.98 Å². The Balaban J connectivity index is 0.00000182. The van der Waals surface area contributed by atoms with Crippen molar-refractivity contribution in [2.45, 2.75) is 45.1 Å². The summed E-state index contributed by atoms with van der Waals surface area (Å²) in [7, 11) is 0. The van der Waals surface area contributed by atoms with Crippen LogP contribution >= 0.6 is 36.6 Å². The van der Waals surface area contributed by atoms with Gasteiger partial charge in [0.15, 0.2) is 0 Å². The second-order valence-electron chi connectivity index (χ2n) is 6.89. The van der Waals surface area contributed by atoms with Gasteiger partial charge >= 0.3 is 0 Å². The van der Waals surface area contributed by atoms with E-state index in [9.17, 15) is 4.79 Å². The van der Waals surface area contributed by atoms with Crippen LogP contribution in [0, 0.1) is 0 Å². The lowest BCUT2D eigenvalue weighted by molar-refractivity contribution is -0.121. The van der Waals surface area contributed by atoms with Crippen molar-refractivity contribution >= 4 is 48.3 Å². The SMILES string of the molecule is CC1CN(c2ccc(CNC(=O)CC3CSCCN3)cn2)CC(C)O1.Cl.Cl. The maximum atomic E-state index is 12.1. The minimum absolute atomic E-state index is 0. The second kappa shape index (κ2) is 12.0. The van der Waals surface area contributed by atoms with E-state index in [1.54, 1.807) is 0 Å². The minimum atomic E-state index is 0. The first-order chi connectivity index (χ1) is 12.1. The number of nitrogens with one attached hydrogen (secondary N) is 2. The highest BCUT2D eigenvalue weighted by Crippen LogP contribution is 2.18. The number of anilines is 1. The second-order valence-corrected chi connectivity index (χ2v) is 8.04. The number of carbonyl (C=O) groups excluding carboxylic acids is 1. The number of morpholine rings is 1. The third-order valence-corrected chi connectivity index (χ3v) is 5.60. The summed E-state index contributed by atoms with van der Waals surface area (Å²) in [6, 6.07) is 4.37. The van der Waals surface area contributed by atoms with E-state index in [2.05, 4.69) is 34.4 Å². The molecule has 1 aromatic heterocycles. The fourth-order valence-corrected chi connectivity index (χ4v) is 4.27. The lowest BCUT2D eigenvalue weighted by atomic mass is 10.2. The van der Waals surface area contributed by atoms with Gasteiger partial charge in [0.1, 0.15) is 5.82 Å². The molecule has 3 unspecified atom stereocenters. The van der Waals surface area contributed by atoms with Crippen molar-refractivity contribution in [1.82, 2.24) is 15.6 Å². The predicted molar refractivity (Wildman–Crippen MR) is 117 cm³/mol. The summed E-state index contributed by atoms with van der Waals surface area (Å²) in [5.41, 5.74) is 1.03. The molecule has 0 aliphatic carbocycles. The molecule has 2 fully saturated rings. The van der Waals surface area contributed by atoms with E-state index in [4.69, 9.17) is 4.74 Å². The Kier molecular flexibility index (Phi) is 10.8. The van der Waals surface area contributed by atoms with Crippen molar-refractivity contribution in [2.75, 3.05) is 36.0 Å². The Labute approximate surface area is 178 Å². The lowest BCUT2D eigenvalue weighted by Gasteiger charge is -2.36. The normalized spacial score (nSPS) is 25.1. The molecule has 0 saturated carbocycles. The monoisotopic (exact) mass is 436 g/mol. The Morgan fingerprint density at radius 1 is 1.33 bits per heavy atom. The van der Waals surface area contributed by atoms with E-state index in [1.165, 1.54) is 0 Å². The molecule has 2 aliphatic heterocycles. The van der Waals surface area contributed by atoms with E-state index < -0.39 is 0 Å². The lowest BCUT2D eigenvalue weighted by Crippen LogP contribution is -2.45. The molecule has 2 N–H and O–H groups in total. The first kappa shape index (κ1) is 24.3. The molecule has 0 bridgehead atoms. The quantitative estimate of drug-likeness (QED) is 0.737. The van der Waals surface area contributed by atoms with Crippen molar-refractivity contribution in [3.63, 3.8) is 0 Å². The van der Waals surface area contributed by atoms with Gasteiger partial charge in [-0.3, -0.25) is 4.79 Å². The minimum Gasteiger partial charge on any atom is -0.372 e. The summed E-state index contributed by atoms with van der Waals surface area (Å²) >= 11 is 1.91. The van der Waals surface area contributed by atoms with Crippen LogP contribution in [0.15, 0.2) is 18.3 Å². The Morgan fingerprint density at radius 3 is 2.67 bits per heavy atom. The molecular formula is C18H30Cl2N4O2S. The highest BCUT2D eigenvalue weighted by molar-refractivity contribution is 7.99. The van der Waals surface area contributed by atoms with Crippen molar-refractivity contribution in [3.8, 4) is 0 Å². The number of thioether (sulfide) groups is 1. The molecule has 27 heavy (non-hydrogen) atoms. The summed E-state index contributed by atoms with van der Waals surface area (Å²) in [6.45, 7) is 7.42. The molecule has 3 rings (SSSR count). The van der Waals surface area contributed by atoms with E-state index in [-0.39, 0.29) is 42.9 Å². The Morgan fingerprint density at radius 2 is 2.07 bits per heavy atom. The van der Waals surface area contributed by atoms with Crippen LogP contribution in [-0.2, 0) is 16.1 Å². The molecule has 0 spiro atoms. The summed E-state index contributed by atoms with van der Waals surface area (Å²) in [5.74, 6) is 3.22. The van der Waals surface area contributed by atoms with E-state index >= 15 is 0 Å². The van der Waals surface area contributed by atoms with Gasteiger partial charge < -0.3 is 20.3 Å². The van der Waals surface area contributed by atoms with Crippen LogP contribution in [0.5, 0.6) is 0 Å². The molecule has 154 valence electrons. The van der Waals surface area contributed by atoms with Crippen LogP contribution in [0.1, 0.15) is 25.8 Å². The van der Waals surface area contributed by atoms with Crippen LogP contribution in [0.25, 0.3) is 0 Å². The van der Waals surface area contributed by atoms with Crippen molar-refractivity contribution < 1.29 is 9.53 Å². The van der Waals surface area contributed by atoms with Gasteiger partial charge in [-0.15, -0.1) is 24.8 Å². The Hall–Kier alpha value is -0.730. The van der Waals surface area contributed by atoms with E-state index in [0.29, 0.717) is 19.0 Å². The van der Waals surface area contributed by atoms with Gasteiger partial charge in [0.2, 0.25) is 5.91 Å². The summed E-state index contributed by atoms with van der Waals surface area (Å²) in [4.78, 5) is 18.9. The molecule has 2 saturated heterocycles. The number of nitrogens with zero attached hydrogens (tertiary/aromatic N) is 2. The van der Waals surface area contributed by atoms with E-state index in [1.807, 2.05) is 30.1 Å². The van der Waals surface area contributed by atoms with Crippen molar-refractivity contribution in [1.29, 1.82) is 0 Å². The maximum absolute atomic E-state index is 12.1. The summed E-state index contributed by atoms with van der Waals surface area (Å²) < 4.78 is 5.77. The first-order valence-corrected chi connectivity index (χ1v) is 10.2.